The second-order valence-electron chi connectivity index (χ2n) is 6.78. The predicted molar refractivity (Wildman–Crippen MR) is 104 cm³/mol. The van der Waals surface area contributed by atoms with E-state index >= 15 is 0 Å². The number of fused-ring (bicyclic) bond motifs is 1. The minimum Gasteiger partial charge on any atom is -0.497 e. The highest BCUT2D eigenvalue weighted by atomic mass is 16.5. The summed E-state index contributed by atoms with van der Waals surface area (Å²) in [6.45, 7) is 4.83. The quantitative estimate of drug-likeness (QED) is 0.711. The molecule has 0 unspecified atom stereocenters. The fraction of sp³-hybridized carbons (Fsp3) is 0.333. The minimum absolute atomic E-state index is 0.0644. The second kappa shape index (κ2) is 7.31. The van der Waals surface area contributed by atoms with Gasteiger partial charge in [-0.25, -0.2) is 0 Å². The molecule has 140 valence electrons. The summed E-state index contributed by atoms with van der Waals surface area (Å²) in [4.78, 5) is 21.6. The SMILES string of the molecule is COc1ccc(C(=O)N2CCCN(c3nc4ccccc4o3)CC2)c(C)c1. The Balaban J connectivity index is 1.48. The lowest BCUT2D eigenvalue weighted by molar-refractivity contribution is 0.0766. The van der Waals surface area contributed by atoms with Crippen LogP contribution in [0.1, 0.15) is 22.3 Å². The van der Waals surface area contributed by atoms with Crippen LogP contribution in [0.4, 0.5) is 6.01 Å². The fourth-order valence-electron chi connectivity index (χ4n) is 3.48. The molecule has 0 aliphatic carbocycles. The lowest BCUT2D eigenvalue weighted by Crippen LogP contribution is -2.35. The number of ether oxygens (including phenoxy) is 1. The predicted octanol–water partition coefficient (Wildman–Crippen LogP) is 3.50. The van der Waals surface area contributed by atoms with Crippen molar-refractivity contribution in [3.05, 3.63) is 53.6 Å². The van der Waals surface area contributed by atoms with E-state index in [9.17, 15) is 4.79 Å². The van der Waals surface area contributed by atoms with Crippen molar-refractivity contribution in [3.63, 3.8) is 0 Å². The Hall–Kier alpha value is -3.02. The van der Waals surface area contributed by atoms with E-state index in [1.807, 2.05) is 54.3 Å². The van der Waals surface area contributed by atoms with Gasteiger partial charge in [0, 0.05) is 31.7 Å². The number of oxazole rings is 1. The molecule has 3 aromatic rings. The van der Waals surface area contributed by atoms with Gasteiger partial charge in [0.25, 0.3) is 11.9 Å². The first-order valence-corrected chi connectivity index (χ1v) is 9.20. The van der Waals surface area contributed by atoms with Gasteiger partial charge in [-0.15, -0.1) is 0 Å². The Morgan fingerprint density at radius 1 is 1.11 bits per heavy atom. The van der Waals surface area contributed by atoms with Crippen molar-refractivity contribution in [2.24, 2.45) is 0 Å². The van der Waals surface area contributed by atoms with Gasteiger partial charge in [0.2, 0.25) is 0 Å². The molecule has 0 bridgehead atoms. The van der Waals surface area contributed by atoms with Gasteiger partial charge in [-0.1, -0.05) is 12.1 Å². The number of methoxy groups -OCH3 is 1. The maximum Gasteiger partial charge on any atom is 0.298 e. The zero-order valence-electron chi connectivity index (χ0n) is 15.6. The van der Waals surface area contributed by atoms with E-state index in [0.29, 0.717) is 19.1 Å². The number of aromatic nitrogens is 1. The maximum absolute atomic E-state index is 13.0. The zero-order chi connectivity index (χ0) is 18.8. The topological polar surface area (TPSA) is 58.8 Å². The first-order chi connectivity index (χ1) is 13.2. The first-order valence-electron chi connectivity index (χ1n) is 9.20. The molecular weight excluding hydrogens is 342 g/mol. The molecule has 1 amide bonds. The van der Waals surface area contributed by atoms with Crippen LogP contribution in [0, 0.1) is 6.92 Å². The summed E-state index contributed by atoms with van der Waals surface area (Å²) in [6.07, 6.45) is 0.875. The molecule has 0 saturated carbocycles. The molecular formula is C21H23N3O3. The van der Waals surface area contributed by atoms with E-state index in [0.717, 1.165) is 47.5 Å². The highest BCUT2D eigenvalue weighted by molar-refractivity contribution is 5.95. The van der Waals surface area contributed by atoms with Crippen LogP contribution in [0.25, 0.3) is 11.1 Å². The molecule has 6 heteroatoms. The Labute approximate surface area is 158 Å². The van der Waals surface area contributed by atoms with Gasteiger partial charge in [-0.2, -0.15) is 4.98 Å². The molecule has 0 radical (unpaired) electrons. The minimum atomic E-state index is 0.0644. The molecule has 2 aromatic carbocycles. The smallest absolute Gasteiger partial charge is 0.298 e. The van der Waals surface area contributed by atoms with Gasteiger partial charge in [0.15, 0.2) is 5.58 Å². The Bertz CT molecular complexity index is 933. The number of hydrogen-bond acceptors (Lipinski definition) is 5. The molecule has 4 rings (SSSR count). The summed E-state index contributed by atoms with van der Waals surface area (Å²) in [5, 5.41) is 0. The highest BCUT2D eigenvalue weighted by Gasteiger charge is 2.23. The fourth-order valence-corrected chi connectivity index (χ4v) is 3.48. The average Bonchev–Trinajstić information content (AvgIpc) is 2.96. The molecule has 2 heterocycles. The first kappa shape index (κ1) is 17.4. The van der Waals surface area contributed by atoms with Crippen LogP contribution in [-0.2, 0) is 0 Å². The van der Waals surface area contributed by atoms with Crippen LogP contribution in [0.15, 0.2) is 46.9 Å². The highest BCUT2D eigenvalue weighted by Crippen LogP contribution is 2.23. The number of nitrogens with zero attached hydrogens (tertiary/aromatic N) is 3. The van der Waals surface area contributed by atoms with Gasteiger partial charge in [-0.3, -0.25) is 4.79 Å². The third-order valence-electron chi connectivity index (χ3n) is 5.00. The van der Waals surface area contributed by atoms with E-state index in [-0.39, 0.29) is 5.91 Å². The molecule has 27 heavy (non-hydrogen) atoms. The van der Waals surface area contributed by atoms with Crippen LogP contribution in [0.2, 0.25) is 0 Å². The van der Waals surface area contributed by atoms with Gasteiger partial charge < -0.3 is 19.0 Å². The molecule has 0 spiro atoms. The number of amides is 1. The normalized spacial score (nSPS) is 15.0. The Morgan fingerprint density at radius 2 is 1.96 bits per heavy atom. The average molecular weight is 365 g/mol. The number of aryl methyl sites for hydroxylation is 1. The van der Waals surface area contributed by atoms with Gasteiger partial charge in [0.1, 0.15) is 11.3 Å². The maximum atomic E-state index is 13.0. The van der Waals surface area contributed by atoms with Crippen LogP contribution < -0.4 is 9.64 Å². The van der Waals surface area contributed by atoms with Gasteiger partial charge >= 0.3 is 0 Å². The Kier molecular flexibility index (Phi) is 4.71. The number of carbonyl (C=O) groups is 1. The van der Waals surface area contributed by atoms with Crippen molar-refractivity contribution in [1.82, 2.24) is 9.88 Å². The van der Waals surface area contributed by atoms with Crippen LogP contribution in [0.3, 0.4) is 0 Å². The third kappa shape index (κ3) is 3.47. The van der Waals surface area contributed by atoms with Crippen LogP contribution in [0.5, 0.6) is 5.75 Å². The molecule has 1 aromatic heterocycles. The van der Waals surface area contributed by atoms with Crippen LogP contribution >= 0.6 is 0 Å². The largest absolute Gasteiger partial charge is 0.497 e. The summed E-state index contributed by atoms with van der Waals surface area (Å²) in [5.74, 6) is 0.830. The number of benzene rings is 2. The van der Waals surface area contributed by atoms with E-state index < -0.39 is 0 Å². The monoisotopic (exact) mass is 365 g/mol. The van der Waals surface area contributed by atoms with E-state index in [1.165, 1.54) is 0 Å². The summed E-state index contributed by atoms with van der Waals surface area (Å²) < 4.78 is 11.1. The van der Waals surface area contributed by atoms with Crippen LogP contribution in [-0.4, -0.2) is 49.1 Å². The van der Waals surface area contributed by atoms with Crippen molar-refractivity contribution in [3.8, 4) is 5.75 Å². The van der Waals surface area contributed by atoms with Crippen molar-refractivity contribution in [2.45, 2.75) is 13.3 Å². The summed E-state index contributed by atoms with van der Waals surface area (Å²) >= 11 is 0. The standard InChI is InChI=1S/C21H23N3O3/c1-15-14-16(26-2)8-9-17(15)20(25)23-10-5-11-24(13-12-23)21-22-18-6-3-4-7-19(18)27-21/h3-4,6-9,14H,5,10-13H2,1-2H3. The molecule has 1 aliphatic heterocycles. The summed E-state index contributed by atoms with van der Waals surface area (Å²) in [5.41, 5.74) is 3.31. The van der Waals surface area contributed by atoms with Crippen molar-refractivity contribution in [1.29, 1.82) is 0 Å². The number of carbonyl (C=O) groups excluding carboxylic acids is 1. The lowest BCUT2D eigenvalue weighted by Gasteiger charge is -2.22. The molecule has 1 aliphatic rings. The number of para-hydroxylation sites is 2. The third-order valence-corrected chi connectivity index (χ3v) is 5.00. The van der Waals surface area contributed by atoms with E-state index in [1.54, 1.807) is 7.11 Å². The van der Waals surface area contributed by atoms with Crippen molar-refractivity contribution in [2.75, 3.05) is 38.2 Å². The lowest BCUT2D eigenvalue weighted by atomic mass is 10.1. The number of anilines is 1. The summed E-state index contributed by atoms with van der Waals surface area (Å²) in [6, 6.07) is 14.0. The number of rotatable bonds is 3. The van der Waals surface area contributed by atoms with E-state index in [4.69, 9.17) is 9.15 Å². The Morgan fingerprint density at radius 3 is 2.74 bits per heavy atom. The molecule has 1 fully saturated rings. The molecule has 0 N–H and O–H groups in total. The van der Waals surface area contributed by atoms with Gasteiger partial charge in [0.05, 0.1) is 7.11 Å². The van der Waals surface area contributed by atoms with E-state index in [2.05, 4.69) is 9.88 Å². The zero-order valence-corrected chi connectivity index (χ0v) is 15.6. The molecule has 6 nitrogen and oxygen atoms in total. The number of hydrogen-bond donors (Lipinski definition) is 0. The molecule has 0 atom stereocenters. The second-order valence-corrected chi connectivity index (χ2v) is 6.78. The summed E-state index contributed by atoms with van der Waals surface area (Å²) in [7, 11) is 1.63. The molecule has 1 saturated heterocycles. The van der Waals surface area contributed by atoms with Gasteiger partial charge in [-0.05, 0) is 49.2 Å². The van der Waals surface area contributed by atoms with Crippen molar-refractivity contribution >= 4 is 23.0 Å². The van der Waals surface area contributed by atoms with Crippen molar-refractivity contribution < 1.29 is 13.9 Å².